The summed E-state index contributed by atoms with van der Waals surface area (Å²) in [5.41, 5.74) is 3.28. The maximum Gasteiger partial charge on any atom is 0.227 e. The molecule has 7 heteroatoms. The lowest BCUT2D eigenvalue weighted by molar-refractivity contribution is 0.450. The monoisotopic (exact) mass is 438 g/mol. The van der Waals surface area contributed by atoms with Gasteiger partial charge in [0.25, 0.3) is 0 Å². The zero-order valence-corrected chi connectivity index (χ0v) is 18.7. The number of hydrogen-bond acceptors (Lipinski definition) is 7. The first-order valence-electron chi connectivity index (χ1n) is 10.4. The van der Waals surface area contributed by atoms with Gasteiger partial charge < -0.3 is 15.7 Å². The number of anilines is 3. The minimum absolute atomic E-state index is 0.163. The molecule has 0 amide bonds. The number of nitrogens with one attached hydrogen (secondary N) is 2. The van der Waals surface area contributed by atoms with Crippen molar-refractivity contribution in [3.05, 3.63) is 59.0 Å². The van der Waals surface area contributed by atoms with Gasteiger partial charge in [0.05, 0.1) is 15.1 Å². The zero-order valence-electron chi connectivity index (χ0n) is 17.0. The van der Waals surface area contributed by atoms with Crippen LogP contribution in [0.2, 0.25) is 0 Å². The third-order valence-electron chi connectivity index (χ3n) is 4.87. The van der Waals surface area contributed by atoms with E-state index in [-0.39, 0.29) is 5.88 Å². The van der Waals surface area contributed by atoms with Gasteiger partial charge in [0, 0.05) is 12.2 Å². The Morgan fingerprint density at radius 2 is 1.73 bits per heavy atom. The van der Waals surface area contributed by atoms with Crippen molar-refractivity contribution in [3.63, 3.8) is 0 Å². The van der Waals surface area contributed by atoms with E-state index in [0.29, 0.717) is 0 Å². The molecule has 2 aromatic carbocycles. The average Bonchev–Trinajstić information content (AvgIpc) is 3.32. The van der Waals surface area contributed by atoms with Crippen molar-refractivity contribution in [3.8, 4) is 5.88 Å². The van der Waals surface area contributed by atoms with Crippen LogP contribution in [0.5, 0.6) is 5.88 Å². The third kappa shape index (κ3) is 5.29. The summed E-state index contributed by atoms with van der Waals surface area (Å²) in [6, 6.07) is 16.6. The first-order chi connectivity index (χ1) is 14.7. The zero-order chi connectivity index (χ0) is 20.8. The Morgan fingerprint density at radius 1 is 0.900 bits per heavy atom. The highest BCUT2D eigenvalue weighted by atomic mass is 32.1. The van der Waals surface area contributed by atoms with E-state index < -0.39 is 0 Å². The molecule has 0 bridgehead atoms. The summed E-state index contributed by atoms with van der Waals surface area (Å²) in [5.74, 6) is 0.163. The number of nitrogens with zero attached hydrogens (tertiary/aromatic N) is 2. The Morgan fingerprint density at radius 3 is 2.53 bits per heavy atom. The van der Waals surface area contributed by atoms with Gasteiger partial charge in [-0.15, -0.1) is 0 Å². The van der Waals surface area contributed by atoms with Gasteiger partial charge in [0.1, 0.15) is 0 Å². The van der Waals surface area contributed by atoms with Crippen LogP contribution in [0.25, 0.3) is 10.2 Å². The fourth-order valence-corrected chi connectivity index (χ4v) is 5.04. The first-order valence-corrected chi connectivity index (χ1v) is 12.0. The molecular formula is C23H26N4OS2. The van der Waals surface area contributed by atoms with Crippen LogP contribution >= 0.6 is 22.7 Å². The number of para-hydroxylation sites is 1. The molecule has 0 unspecified atom stereocenters. The van der Waals surface area contributed by atoms with Crippen molar-refractivity contribution in [2.75, 3.05) is 17.2 Å². The molecule has 0 atom stereocenters. The second-order valence-electron chi connectivity index (χ2n) is 7.21. The number of rotatable bonds is 10. The topological polar surface area (TPSA) is 70.1 Å². The van der Waals surface area contributed by atoms with E-state index in [9.17, 15) is 5.11 Å². The van der Waals surface area contributed by atoms with Crippen molar-refractivity contribution in [2.45, 2.75) is 39.0 Å². The molecule has 156 valence electrons. The lowest BCUT2D eigenvalue weighted by Gasteiger charge is -2.06. The van der Waals surface area contributed by atoms with Gasteiger partial charge >= 0.3 is 0 Å². The van der Waals surface area contributed by atoms with Crippen molar-refractivity contribution in [1.29, 1.82) is 0 Å². The lowest BCUT2D eigenvalue weighted by atomic mass is 10.1. The second-order valence-corrected chi connectivity index (χ2v) is 9.32. The molecule has 30 heavy (non-hydrogen) atoms. The number of aryl methyl sites for hydroxylation is 1. The smallest absolute Gasteiger partial charge is 0.227 e. The molecule has 4 aromatic rings. The summed E-state index contributed by atoms with van der Waals surface area (Å²) in [5, 5.41) is 18.5. The Bertz CT molecular complexity index is 1060. The largest absolute Gasteiger partial charge is 0.492 e. The van der Waals surface area contributed by atoms with E-state index in [1.54, 1.807) is 11.3 Å². The molecular weight excluding hydrogens is 412 g/mol. The van der Waals surface area contributed by atoms with E-state index in [1.165, 1.54) is 34.4 Å². The molecule has 0 aliphatic carbocycles. The number of aromatic nitrogens is 2. The molecule has 3 N–H and O–H groups in total. The normalized spacial score (nSPS) is 11.1. The first kappa shape index (κ1) is 20.6. The fraction of sp³-hybridized carbons (Fsp3) is 0.304. The maximum atomic E-state index is 10.0. The van der Waals surface area contributed by atoms with E-state index in [1.807, 2.05) is 18.2 Å². The predicted molar refractivity (Wildman–Crippen MR) is 129 cm³/mol. The van der Waals surface area contributed by atoms with Crippen LogP contribution in [-0.4, -0.2) is 21.6 Å². The Labute approximate surface area is 184 Å². The molecule has 5 nitrogen and oxygen atoms in total. The van der Waals surface area contributed by atoms with Crippen molar-refractivity contribution in [1.82, 2.24) is 9.97 Å². The van der Waals surface area contributed by atoms with Crippen LogP contribution in [-0.2, 0) is 12.8 Å². The van der Waals surface area contributed by atoms with E-state index in [4.69, 9.17) is 0 Å². The maximum absolute atomic E-state index is 10.0. The standard InChI is InChI=1S/C23H26N4OS2/c1-2-3-4-9-20-21(28)27-23(30-20)25-17-12-10-16(11-13-17)14-15-24-22-26-18-7-5-6-8-19(18)29-22/h5-8,10-13,28H,2-4,9,14-15H2,1H3,(H,24,26)(H,25,27). The number of benzene rings is 2. The quantitative estimate of drug-likeness (QED) is 0.244. The van der Waals surface area contributed by atoms with Gasteiger partial charge in [-0.3, -0.25) is 0 Å². The highest BCUT2D eigenvalue weighted by molar-refractivity contribution is 7.22. The average molecular weight is 439 g/mol. The minimum Gasteiger partial charge on any atom is -0.492 e. The van der Waals surface area contributed by atoms with Gasteiger partial charge in [0.2, 0.25) is 5.88 Å². The Balaban J connectivity index is 1.28. The van der Waals surface area contributed by atoms with Crippen LogP contribution < -0.4 is 10.6 Å². The van der Waals surface area contributed by atoms with E-state index in [0.717, 1.165) is 52.2 Å². The molecule has 0 fully saturated rings. The summed E-state index contributed by atoms with van der Waals surface area (Å²) in [6.07, 6.45) is 5.25. The Kier molecular flexibility index (Phi) is 6.81. The molecule has 0 saturated carbocycles. The van der Waals surface area contributed by atoms with Crippen LogP contribution in [0.4, 0.5) is 16.0 Å². The number of fused-ring (bicyclic) bond motifs is 1. The minimum atomic E-state index is 0.163. The van der Waals surface area contributed by atoms with Gasteiger partial charge in [-0.05, 0) is 49.1 Å². The number of unbranched alkanes of at least 4 members (excludes halogenated alkanes) is 2. The molecule has 2 heterocycles. The predicted octanol–water partition coefficient (Wildman–Crippen LogP) is 6.59. The van der Waals surface area contributed by atoms with Crippen LogP contribution in [0, 0.1) is 0 Å². The molecule has 0 saturated heterocycles. The molecule has 2 aromatic heterocycles. The third-order valence-corrected chi connectivity index (χ3v) is 6.89. The van der Waals surface area contributed by atoms with Crippen molar-refractivity contribution in [2.24, 2.45) is 0 Å². The molecule has 0 radical (unpaired) electrons. The summed E-state index contributed by atoms with van der Waals surface area (Å²) in [7, 11) is 0. The number of aromatic hydroxyl groups is 1. The molecule has 0 aliphatic rings. The lowest BCUT2D eigenvalue weighted by Crippen LogP contribution is -2.04. The van der Waals surface area contributed by atoms with Gasteiger partial charge in [-0.1, -0.05) is 66.7 Å². The van der Waals surface area contributed by atoms with E-state index in [2.05, 4.69) is 57.9 Å². The Hall–Kier alpha value is -2.64. The van der Waals surface area contributed by atoms with Crippen LogP contribution in [0.1, 0.15) is 36.6 Å². The highest BCUT2D eigenvalue weighted by Gasteiger charge is 2.10. The van der Waals surface area contributed by atoms with Crippen LogP contribution in [0.3, 0.4) is 0 Å². The van der Waals surface area contributed by atoms with Crippen molar-refractivity contribution < 1.29 is 5.11 Å². The van der Waals surface area contributed by atoms with Crippen LogP contribution in [0.15, 0.2) is 48.5 Å². The van der Waals surface area contributed by atoms with Gasteiger partial charge in [-0.25, -0.2) is 4.98 Å². The second kappa shape index (κ2) is 9.91. The summed E-state index contributed by atoms with van der Waals surface area (Å²) >= 11 is 3.22. The highest BCUT2D eigenvalue weighted by Crippen LogP contribution is 2.31. The fourth-order valence-electron chi connectivity index (χ4n) is 3.24. The van der Waals surface area contributed by atoms with Gasteiger partial charge in [-0.2, -0.15) is 4.98 Å². The summed E-state index contributed by atoms with van der Waals surface area (Å²) in [4.78, 5) is 9.83. The summed E-state index contributed by atoms with van der Waals surface area (Å²) in [6.45, 7) is 3.02. The number of thiazole rings is 2. The molecule has 0 aliphatic heterocycles. The molecule has 4 rings (SSSR count). The van der Waals surface area contributed by atoms with Gasteiger partial charge in [0.15, 0.2) is 10.3 Å². The molecule has 0 spiro atoms. The van der Waals surface area contributed by atoms with E-state index >= 15 is 0 Å². The van der Waals surface area contributed by atoms with Crippen molar-refractivity contribution >= 4 is 48.8 Å². The summed E-state index contributed by atoms with van der Waals surface area (Å²) < 4.78 is 1.21. The SMILES string of the molecule is CCCCCc1sc(Nc2ccc(CCNc3nc4ccccc4s3)cc2)nc1O. The number of hydrogen-bond donors (Lipinski definition) is 3.